The van der Waals surface area contributed by atoms with Gasteiger partial charge < -0.3 is 15.7 Å². The van der Waals surface area contributed by atoms with Crippen LogP contribution in [0.1, 0.15) is 42.1 Å². The van der Waals surface area contributed by atoms with Gasteiger partial charge in [0.2, 0.25) is 0 Å². The van der Waals surface area contributed by atoms with Crippen LogP contribution in [0.5, 0.6) is 0 Å². The molecule has 6 heteroatoms. The highest BCUT2D eigenvalue weighted by molar-refractivity contribution is 14.0. The molecule has 26 heavy (non-hydrogen) atoms. The maximum Gasteiger partial charge on any atom is 0.192 e. The van der Waals surface area contributed by atoms with E-state index in [0.717, 1.165) is 23.2 Å². The zero-order valence-corrected chi connectivity index (χ0v) is 17.8. The number of rotatable bonds is 6. The number of aliphatic imine (C=N–C) groups is 1. The number of hydrogen-bond donors (Lipinski definition) is 3. The van der Waals surface area contributed by atoms with Gasteiger partial charge in [-0.05, 0) is 49.1 Å². The number of benzene rings is 2. The summed E-state index contributed by atoms with van der Waals surface area (Å²) in [5, 5.41) is 15.9. The first-order valence-corrected chi connectivity index (χ1v) is 8.53. The highest BCUT2D eigenvalue weighted by Crippen LogP contribution is 2.16. The van der Waals surface area contributed by atoms with Gasteiger partial charge in [-0.15, -0.1) is 24.0 Å². The van der Waals surface area contributed by atoms with E-state index in [0.29, 0.717) is 18.1 Å². The maximum atomic E-state index is 13.8. The predicted octanol–water partition coefficient (Wildman–Crippen LogP) is 4.06. The van der Waals surface area contributed by atoms with Gasteiger partial charge in [0.15, 0.2) is 5.96 Å². The molecule has 2 aromatic rings. The molecule has 1 atom stereocenters. The van der Waals surface area contributed by atoms with Crippen molar-refractivity contribution in [2.75, 3.05) is 6.54 Å². The number of halogens is 2. The van der Waals surface area contributed by atoms with Gasteiger partial charge in [0.1, 0.15) is 5.82 Å². The van der Waals surface area contributed by atoms with Crippen molar-refractivity contribution < 1.29 is 9.50 Å². The Labute approximate surface area is 172 Å². The Kier molecular flexibility index (Phi) is 9.58. The summed E-state index contributed by atoms with van der Waals surface area (Å²) in [5.41, 5.74) is 3.36. The molecule has 0 bridgehead atoms. The lowest BCUT2D eigenvalue weighted by Gasteiger charge is -2.19. The quantitative estimate of drug-likeness (QED) is 0.339. The number of nitrogens with zero attached hydrogens (tertiary/aromatic N) is 1. The minimum absolute atomic E-state index is 0. The minimum atomic E-state index is -0.204. The molecule has 0 saturated carbocycles. The van der Waals surface area contributed by atoms with Crippen LogP contribution in [0.15, 0.2) is 47.5 Å². The molecule has 0 aliphatic carbocycles. The van der Waals surface area contributed by atoms with Gasteiger partial charge in [-0.1, -0.05) is 36.4 Å². The molecule has 3 N–H and O–H groups in total. The Balaban J connectivity index is 0.00000338. The Bertz CT molecular complexity index is 737. The third-order valence-electron chi connectivity index (χ3n) is 4.09. The molecule has 0 radical (unpaired) electrons. The van der Waals surface area contributed by atoms with E-state index in [1.165, 1.54) is 0 Å². The van der Waals surface area contributed by atoms with Crippen LogP contribution in [0, 0.1) is 12.7 Å². The zero-order valence-electron chi connectivity index (χ0n) is 15.4. The molecule has 0 spiro atoms. The van der Waals surface area contributed by atoms with Gasteiger partial charge >= 0.3 is 0 Å². The molecule has 0 amide bonds. The van der Waals surface area contributed by atoms with Crippen molar-refractivity contribution in [3.05, 3.63) is 70.5 Å². The maximum absolute atomic E-state index is 13.8. The third-order valence-corrected chi connectivity index (χ3v) is 4.09. The molecule has 0 saturated heterocycles. The zero-order chi connectivity index (χ0) is 18.2. The summed E-state index contributed by atoms with van der Waals surface area (Å²) in [5.74, 6) is 0.452. The van der Waals surface area contributed by atoms with Crippen LogP contribution in [0.2, 0.25) is 0 Å². The van der Waals surface area contributed by atoms with Crippen LogP contribution in [0.3, 0.4) is 0 Å². The van der Waals surface area contributed by atoms with E-state index in [1.807, 2.05) is 44.2 Å². The van der Waals surface area contributed by atoms with E-state index in [-0.39, 0.29) is 42.4 Å². The molecule has 142 valence electrons. The van der Waals surface area contributed by atoms with Gasteiger partial charge in [-0.25, -0.2) is 9.38 Å². The number of nitrogens with one attached hydrogen (secondary N) is 2. The number of aliphatic hydroxyl groups excluding tert-OH is 1. The van der Waals surface area contributed by atoms with E-state index in [9.17, 15) is 9.50 Å². The lowest BCUT2D eigenvalue weighted by Crippen LogP contribution is -2.38. The summed E-state index contributed by atoms with van der Waals surface area (Å²) in [6.07, 6.45) is 0. The monoisotopic (exact) mass is 471 g/mol. The molecule has 0 fully saturated rings. The van der Waals surface area contributed by atoms with Gasteiger partial charge in [0.25, 0.3) is 0 Å². The van der Waals surface area contributed by atoms with Gasteiger partial charge in [0, 0.05) is 6.54 Å². The van der Waals surface area contributed by atoms with Crippen LogP contribution in [-0.4, -0.2) is 17.6 Å². The molecule has 2 rings (SSSR count). The summed E-state index contributed by atoms with van der Waals surface area (Å²) in [6, 6.07) is 12.8. The van der Waals surface area contributed by atoms with Gasteiger partial charge in [-0.3, -0.25) is 0 Å². The Morgan fingerprint density at radius 3 is 2.50 bits per heavy atom. The van der Waals surface area contributed by atoms with E-state index in [4.69, 9.17) is 0 Å². The average Bonchev–Trinajstić information content (AvgIpc) is 2.62. The lowest BCUT2D eigenvalue weighted by molar-refractivity contribution is 0.280. The highest BCUT2D eigenvalue weighted by Gasteiger charge is 2.10. The summed E-state index contributed by atoms with van der Waals surface area (Å²) in [4.78, 5) is 4.59. The van der Waals surface area contributed by atoms with Crippen LogP contribution < -0.4 is 10.6 Å². The third kappa shape index (κ3) is 6.25. The number of aliphatic hydroxyl groups is 1. The molecule has 0 aliphatic heterocycles. The Hall–Kier alpha value is -1.67. The van der Waals surface area contributed by atoms with Crippen LogP contribution >= 0.6 is 24.0 Å². The first-order chi connectivity index (χ1) is 12.0. The van der Waals surface area contributed by atoms with Crippen molar-refractivity contribution in [3.63, 3.8) is 0 Å². The summed E-state index contributed by atoms with van der Waals surface area (Å²) < 4.78 is 13.8. The van der Waals surface area contributed by atoms with E-state index in [2.05, 4.69) is 15.6 Å². The second-order valence-electron chi connectivity index (χ2n) is 6.00. The summed E-state index contributed by atoms with van der Waals surface area (Å²) in [7, 11) is 0. The van der Waals surface area contributed by atoms with Crippen LogP contribution in [0.25, 0.3) is 0 Å². The first kappa shape index (κ1) is 22.4. The topological polar surface area (TPSA) is 56.7 Å². The van der Waals surface area contributed by atoms with Crippen molar-refractivity contribution in [3.8, 4) is 0 Å². The molecule has 0 aromatic heterocycles. The minimum Gasteiger partial charge on any atom is -0.392 e. The molecule has 2 aromatic carbocycles. The Morgan fingerprint density at radius 1 is 1.19 bits per heavy atom. The van der Waals surface area contributed by atoms with E-state index in [1.54, 1.807) is 19.1 Å². The Morgan fingerprint density at radius 2 is 1.88 bits per heavy atom. The normalized spacial score (nSPS) is 12.3. The van der Waals surface area contributed by atoms with E-state index < -0.39 is 0 Å². The van der Waals surface area contributed by atoms with E-state index >= 15 is 0 Å². The summed E-state index contributed by atoms with van der Waals surface area (Å²) in [6.45, 7) is 6.90. The van der Waals surface area contributed by atoms with Crippen molar-refractivity contribution in [2.45, 2.75) is 40.0 Å². The number of aryl methyl sites for hydroxylation is 1. The SMILES string of the molecule is CCNC(=NCc1ccccc1CO)NC(C)c1ccc(C)c(F)c1.I. The molecule has 4 nitrogen and oxygen atoms in total. The van der Waals surface area contributed by atoms with Crippen molar-refractivity contribution >= 4 is 29.9 Å². The standard InChI is InChI=1S/C20H26FN3O.HI/c1-4-22-20(23-12-17-7-5-6-8-18(17)13-25)24-15(3)16-10-9-14(2)19(21)11-16;/h5-11,15,25H,4,12-13H2,1-3H3,(H2,22,23,24);1H. The average molecular weight is 471 g/mol. The number of hydrogen-bond acceptors (Lipinski definition) is 2. The van der Waals surface area contributed by atoms with Crippen molar-refractivity contribution in [1.82, 2.24) is 10.6 Å². The van der Waals surface area contributed by atoms with Crippen molar-refractivity contribution in [2.24, 2.45) is 4.99 Å². The summed E-state index contributed by atoms with van der Waals surface area (Å²) >= 11 is 0. The molecule has 0 aliphatic rings. The molecule has 1 unspecified atom stereocenters. The van der Waals surface area contributed by atoms with Crippen LogP contribution in [-0.2, 0) is 13.2 Å². The second-order valence-corrected chi connectivity index (χ2v) is 6.00. The molecule has 0 heterocycles. The fourth-order valence-corrected chi connectivity index (χ4v) is 2.52. The second kappa shape index (κ2) is 11.1. The number of guanidine groups is 1. The fourth-order valence-electron chi connectivity index (χ4n) is 2.52. The largest absolute Gasteiger partial charge is 0.392 e. The highest BCUT2D eigenvalue weighted by atomic mass is 127. The lowest BCUT2D eigenvalue weighted by atomic mass is 10.1. The fraction of sp³-hybridized carbons (Fsp3) is 0.350. The van der Waals surface area contributed by atoms with Gasteiger partial charge in [-0.2, -0.15) is 0 Å². The molecular formula is C20H27FIN3O. The van der Waals surface area contributed by atoms with Gasteiger partial charge in [0.05, 0.1) is 19.2 Å². The molecular weight excluding hydrogens is 444 g/mol. The van der Waals surface area contributed by atoms with Crippen LogP contribution in [0.4, 0.5) is 4.39 Å². The first-order valence-electron chi connectivity index (χ1n) is 8.53. The smallest absolute Gasteiger partial charge is 0.192 e. The van der Waals surface area contributed by atoms with Crippen molar-refractivity contribution in [1.29, 1.82) is 0 Å². The predicted molar refractivity (Wildman–Crippen MR) is 115 cm³/mol.